The summed E-state index contributed by atoms with van der Waals surface area (Å²) in [5.74, 6) is 0. The minimum Gasteiger partial charge on any atom is -0.293 e. The van der Waals surface area contributed by atoms with Crippen molar-refractivity contribution in [3.63, 3.8) is 0 Å². The van der Waals surface area contributed by atoms with Crippen LogP contribution in [-0.4, -0.2) is 0 Å². The van der Waals surface area contributed by atoms with Crippen LogP contribution in [0.3, 0.4) is 0 Å². The van der Waals surface area contributed by atoms with Gasteiger partial charge in [-0.05, 0) is 106 Å². The van der Waals surface area contributed by atoms with Crippen molar-refractivity contribution < 1.29 is 0 Å². The molecule has 0 radical (unpaired) electrons. The molecule has 10 aromatic rings. The molecule has 2 nitrogen and oxygen atoms in total. The van der Waals surface area contributed by atoms with E-state index < -0.39 is 0 Å². The normalized spacial score (nSPS) is 11.1. The Morgan fingerprint density at radius 3 is 0.690 bits per heavy atom. The average Bonchev–Trinajstić information content (AvgIpc) is 4.15. The van der Waals surface area contributed by atoms with Gasteiger partial charge in [-0.15, -0.1) is 45.3 Å². The van der Waals surface area contributed by atoms with Crippen molar-refractivity contribution in [1.82, 2.24) is 0 Å². The molecular weight excluding hydrogens is 781 g/mol. The van der Waals surface area contributed by atoms with Gasteiger partial charge < -0.3 is 0 Å². The molecule has 6 aromatic carbocycles. The second-order valence-corrected chi connectivity index (χ2v) is 18.0. The summed E-state index contributed by atoms with van der Waals surface area (Å²) >= 11 is 7.28. The fourth-order valence-corrected chi connectivity index (χ4v) is 11.5. The van der Waals surface area contributed by atoms with E-state index in [0.29, 0.717) is 0 Å². The minimum atomic E-state index is 1.13. The van der Waals surface area contributed by atoms with Crippen molar-refractivity contribution in [2.75, 3.05) is 9.80 Å². The molecule has 0 aliphatic carbocycles. The van der Waals surface area contributed by atoms with Gasteiger partial charge in [-0.25, -0.2) is 0 Å². The average molecular weight is 817 g/mol. The van der Waals surface area contributed by atoms with Crippen molar-refractivity contribution in [1.29, 1.82) is 0 Å². The minimum absolute atomic E-state index is 1.13. The Kier molecular flexibility index (Phi) is 10.1. The maximum Gasteiger partial charge on any atom is 0.101 e. The number of benzene rings is 6. The molecule has 0 saturated heterocycles. The van der Waals surface area contributed by atoms with Crippen LogP contribution in [0.2, 0.25) is 0 Å². The van der Waals surface area contributed by atoms with Crippen molar-refractivity contribution in [3.8, 4) is 52.9 Å². The molecule has 0 saturated carbocycles. The van der Waals surface area contributed by atoms with Crippen molar-refractivity contribution >= 4 is 76.7 Å². The molecule has 0 unspecified atom stereocenters. The lowest BCUT2D eigenvalue weighted by Gasteiger charge is -2.23. The molecule has 58 heavy (non-hydrogen) atoms. The molecule has 0 bridgehead atoms. The van der Waals surface area contributed by atoms with Gasteiger partial charge in [0, 0.05) is 30.9 Å². The summed E-state index contributed by atoms with van der Waals surface area (Å²) in [6.07, 6.45) is 0. The van der Waals surface area contributed by atoms with Gasteiger partial charge in [-0.1, -0.05) is 146 Å². The lowest BCUT2D eigenvalue weighted by Crippen LogP contribution is -2.06. The largest absolute Gasteiger partial charge is 0.293 e. The number of nitrogens with zero attached hydrogens (tertiary/aromatic N) is 2. The van der Waals surface area contributed by atoms with Gasteiger partial charge in [-0.3, -0.25) is 9.80 Å². The highest BCUT2D eigenvalue weighted by atomic mass is 32.1. The van der Waals surface area contributed by atoms with Crippen LogP contribution < -0.4 is 9.80 Å². The summed E-state index contributed by atoms with van der Waals surface area (Å²) in [6, 6.07) is 78.6. The van der Waals surface area contributed by atoms with E-state index >= 15 is 0 Å². The Morgan fingerprint density at radius 1 is 0.207 bits per heavy atom. The van der Waals surface area contributed by atoms with E-state index in [1.165, 1.54) is 72.9 Å². The fourth-order valence-electron chi connectivity index (χ4n) is 7.15. The SMILES string of the molecule is c1ccc(-c2ccc(N(c3ccc(-c4ccc(N(c5ccc(-c6ccccc6)s5)c5ccc(-c6ccccc6)s5)cc4)cc3)c3ccc(-c4ccccc4)s3)s2)cc1. The lowest BCUT2D eigenvalue weighted by molar-refractivity contribution is 1.35. The van der Waals surface area contributed by atoms with Gasteiger partial charge in [0.05, 0.1) is 0 Å². The molecule has 278 valence electrons. The Hall–Kier alpha value is -6.28. The van der Waals surface area contributed by atoms with Gasteiger partial charge in [0.1, 0.15) is 20.0 Å². The van der Waals surface area contributed by atoms with Crippen molar-refractivity contribution in [2.45, 2.75) is 0 Å². The number of thiophene rings is 4. The summed E-state index contributed by atoms with van der Waals surface area (Å²) < 4.78 is 0. The topological polar surface area (TPSA) is 6.48 Å². The molecule has 0 aliphatic heterocycles. The summed E-state index contributed by atoms with van der Waals surface area (Å²) in [4.78, 5) is 9.81. The van der Waals surface area contributed by atoms with E-state index in [1.54, 1.807) is 0 Å². The van der Waals surface area contributed by atoms with Crippen LogP contribution in [-0.2, 0) is 0 Å². The van der Waals surface area contributed by atoms with Gasteiger partial charge >= 0.3 is 0 Å². The fraction of sp³-hybridized carbons (Fsp3) is 0. The van der Waals surface area contributed by atoms with E-state index in [9.17, 15) is 0 Å². The summed E-state index contributed by atoms with van der Waals surface area (Å²) in [5.41, 5.74) is 9.56. The van der Waals surface area contributed by atoms with Crippen LogP contribution in [0, 0.1) is 0 Å². The van der Waals surface area contributed by atoms with E-state index in [0.717, 1.165) is 11.4 Å². The molecule has 0 amide bonds. The zero-order valence-corrected chi connectivity index (χ0v) is 34.6. The Morgan fingerprint density at radius 2 is 0.448 bits per heavy atom. The molecule has 0 N–H and O–H groups in total. The molecule has 10 rings (SSSR count). The number of hydrogen-bond acceptors (Lipinski definition) is 6. The molecule has 0 atom stereocenters. The third kappa shape index (κ3) is 7.47. The predicted molar refractivity (Wildman–Crippen MR) is 254 cm³/mol. The third-order valence-electron chi connectivity index (χ3n) is 10.1. The van der Waals surface area contributed by atoms with Gasteiger partial charge in [-0.2, -0.15) is 0 Å². The first-order valence-electron chi connectivity index (χ1n) is 19.2. The molecule has 4 heterocycles. The van der Waals surface area contributed by atoms with E-state index in [2.05, 4.69) is 228 Å². The lowest BCUT2D eigenvalue weighted by atomic mass is 10.0. The van der Waals surface area contributed by atoms with Crippen LogP contribution in [0.4, 0.5) is 31.4 Å². The zero-order chi connectivity index (χ0) is 38.7. The first kappa shape index (κ1) is 36.1. The second-order valence-electron chi connectivity index (χ2n) is 13.8. The Balaban J connectivity index is 0.972. The van der Waals surface area contributed by atoms with E-state index in [4.69, 9.17) is 0 Å². The van der Waals surface area contributed by atoms with Crippen molar-refractivity contribution in [2.24, 2.45) is 0 Å². The van der Waals surface area contributed by atoms with Gasteiger partial charge in [0.25, 0.3) is 0 Å². The molecule has 4 aromatic heterocycles. The van der Waals surface area contributed by atoms with E-state index in [-0.39, 0.29) is 0 Å². The first-order chi connectivity index (χ1) is 28.7. The quantitative estimate of drug-likeness (QED) is 0.128. The summed E-state index contributed by atoms with van der Waals surface area (Å²) in [6.45, 7) is 0. The number of rotatable bonds is 11. The molecule has 0 aliphatic rings. The summed E-state index contributed by atoms with van der Waals surface area (Å²) in [7, 11) is 0. The maximum atomic E-state index is 2.40. The van der Waals surface area contributed by atoms with Crippen LogP contribution in [0.25, 0.3) is 52.9 Å². The maximum absolute atomic E-state index is 2.40. The monoisotopic (exact) mass is 816 g/mol. The molecule has 6 heteroatoms. The molecular formula is C52H36N2S4. The summed E-state index contributed by atoms with van der Waals surface area (Å²) in [5, 5.41) is 4.74. The molecule has 0 fully saturated rings. The van der Waals surface area contributed by atoms with Crippen LogP contribution in [0.15, 0.2) is 218 Å². The number of anilines is 6. The third-order valence-corrected chi connectivity index (χ3v) is 14.5. The second kappa shape index (κ2) is 16.3. The highest BCUT2D eigenvalue weighted by Gasteiger charge is 2.20. The van der Waals surface area contributed by atoms with Crippen LogP contribution in [0.5, 0.6) is 0 Å². The van der Waals surface area contributed by atoms with Gasteiger partial charge in [0.15, 0.2) is 0 Å². The van der Waals surface area contributed by atoms with Crippen molar-refractivity contribution in [3.05, 3.63) is 218 Å². The highest BCUT2D eigenvalue weighted by Crippen LogP contribution is 2.48. The van der Waals surface area contributed by atoms with E-state index in [1.807, 2.05) is 45.3 Å². The standard InChI is InChI=1S/C52H36N2S4/c1-5-13-39(14-6-1)45-29-33-49(55-45)53(50-34-30-46(56-50)40-15-7-2-8-16-40)43-25-21-37(22-26-43)38-23-27-44(28-24-38)54(51-35-31-47(57-51)41-17-9-3-10-18-41)52-36-32-48(58-52)42-19-11-4-12-20-42/h1-36H. The Labute approximate surface area is 355 Å². The number of hydrogen-bond donors (Lipinski definition) is 0. The smallest absolute Gasteiger partial charge is 0.101 e. The predicted octanol–water partition coefficient (Wildman–Crippen LogP) is 17.2. The highest BCUT2D eigenvalue weighted by molar-refractivity contribution is 7.22. The van der Waals surface area contributed by atoms with Crippen LogP contribution >= 0.6 is 45.3 Å². The molecule has 0 spiro atoms. The first-order valence-corrected chi connectivity index (χ1v) is 22.4. The zero-order valence-electron chi connectivity index (χ0n) is 31.3. The van der Waals surface area contributed by atoms with Crippen LogP contribution in [0.1, 0.15) is 0 Å². The van der Waals surface area contributed by atoms with Gasteiger partial charge in [0.2, 0.25) is 0 Å². The Bertz CT molecular complexity index is 2520.